The Hall–Kier alpha value is -1.20. The van der Waals surface area contributed by atoms with E-state index in [9.17, 15) is 5.11 Å². The van der Waals surface area contributed by atoms with Gasteiger partial charge in [-0.1, -0.05) is 30.3 Å². The summed E-state index contributed by atoms with van der Waals surface area (Å²) < 4.78 is 5.45. The lowest BCUT2D eigenvalue weighted by Crippen LogP contribution is -2.44. The molecule has 6 nitrogen and oxygen atoms in total. The number of aliphatic imine (C=N–C) groups is 1. The molecule has 1 saturated heterocycles. The number of rotatable bonds is 8. The highest BCUT2D eigenvalue weighted by atomic mass is 127. The van der Waals surface area contributed by atoms with Crippen molar-refractivity contribution in [2.24, 2.45) is 4.99 Å². The van der Waals surface area contributed by atoms with E-state index in [1.165, 1.54) is 11.1 Å². The van der Waals surface area contributed by atoms with Crippen LogP contribution in [0.4, 0.5) is 0 Å². The largest absolute Gasteiger partial charge is 0.383 e. The molecule has 0 radical (unpaired) electrons. The van der Waals surface area contributed by atoms with E-state index < -0.39 is 5.60 Å². The molecule has 3 rings (SSSR count). The SMILES string of the molecule is CCNC(=NCc1ccccc1CN1CCOCC1)NCC(C)(O)c1cccs1.I. The molecule has 3 N–H and O–H groups in total. The Balaban J connectivity index is 0.00000320. The second-order valence-electron chi connectivity index (χ2n) is 7.46. The zero-order chi connectivity index (χ0) is 20.5. The van der Waals surface area contributed by atoms with Crippen LogP contribution >= 0.6 is 35.3 Å². The van der Waals surface area contributed by atoms with Crippen LogP contribution in [0.25, 0.3) is 0 Å². The van der Waals surface area contributed by atoms with Crippen LogP contribution in [0, 0.1) is 0 Å². The molecule has 1 aliphatic heterocycles. The lowest BCUT2D eigenvalue weighted by molar-refractivity contribution is 0.0341. The van der Waals surface area contributed by atoms with Crippen molar-refractivity contribution in [2.45, 2.75) is 32.5 Å². The van der Waals surface area contributed by atoms with E-state index in [1.807, 2.05) is 31.4 Å². The smallest absolute Gasteiger partial charge is 0.191 e. The second-order valence-corrected chi connectivity index (χ2v) is 8.40. The maximum absolute atomic E-state index is 10.8. The summed E-state index contributed by atoms with van der Waals surface area (Å²) >= 11 is 1.56. The number of hydrogen-bond acceptors (Lipinski definition) is 5. The second kappa shape index (κ2) is 12.6. The summed E-state index contributed by atoms with van der Waals surface area (Å²) in [6.07, 6.45) is 0. The van der Waals surface area contributed by atoms with E-state index in [4.69, 9.17) is 9.73 Å². The van der Waals surface area contributed by atoms with Crippen molar-refractivity contribution in [3.63, 3.8) is 0 Å². The molecule has 1 aromatic heterocycles. The highest BCUT2D eigenvalue weighted by molar-refractivity contribution is 14.0. The zero-order valence-electron chi connectivity index (χ0n) is 17.8. The maximum atomic E-state index is 10.8. The van der Waals surface area contributed by atoms with E-state index in [0.717, 1.165) is 44.3 Å². The van der Waals surface area contributed by atoms with Gasteiger partial charge in [-0.05, 0) is 36.4 Å². The van der Waals surface area contributed by atoms with Crippen molar-refractivity contribution in [1.82, 2.24) is 15.5 Å². The molecule has 0 spiro atoms. The van der Waals surface area contributed by atoms with Gasteiger partial charge >= 0.3 is 0 Å². The predicted molar refractivity (Wildman–Crippen MR) is 135 cm³/mol. The van der Waals surface area contributed by atoms with Gasteiger partial charge in [0.25, 0.3) is 0 Å². The fraction of sp³-hybridized carbons (Fsp3) is 0.500. The Morgan fingerprint density at radius 2 is 1.90 bits per heavy atom. The molecule has 30 heavy (non-hydrogen) atoms. The molecular formula is C22H33IN4O2S. The summed E-state index contributed by atoms with van der Waals surface area (Å²) in [6, 6.07) is 12.4. The van der Waals surface area contributed by atoms with Gasteiger partial charge in [0.2, 0.25) is 0 Å². The van der Waals surface area contributed by atoms with E-state index in [1.54, 1.807) is 11.3 Å². The molecule has 1 atom stereocenters. The third-order valence-electron chi connectivity index (χ3n) is 5.02. The number of hydrogen-bond donors (Lipinski definition) is 3. The quantitative estimate of drug-likeness (QED) is 0.271. The van der Waals surface area contributed by atoms with E-state index in [-0.39, 0.29) is 24.0 Å². The van der Waals surface area contributed by atoms with E-state index in [0.29, 0.717) is 19.0 Å². The van der Waals surface area contributed by atoms with Crippen molar-refractivity contribution in [1.29, 1.82) is 0 Å². The van der Waals surface area contributed by atoms with Crippen molar-refractivity contribution in [3.8, 4) is 0 Å². The first-order chi connectivity index (χ1) is 14.1. The number of morpholine rings is 1. The van der Waals surface area contributed by atoms with Crippen LogP contribution in [0.5, 0.6) is 0 Å². The molecule has 1 fully saturated rings. The average Bonchev–Trinajstić information content (AvgIpc) is 3.28. The first-order valence-electron chi connectivity index (χ1n) is 10.2. The van der Waals surface area contributed by atoms with Gasteiger partial charge in [-0.25, -0.2) is 4.99 Å². The Kier molecular flexibility index (Phi) is 10.5. The van der Waals surface area contributed by atoms with Gasteiger partial charge in [0.05, 0.1) is 26.3 Å². The number of benzene rings is 1. The summed E-state index contributed by atoms with van der Waals surface area (Å²) in [5.41, 5.74) is 1.60. The molecule has 8 heteroatoms. The minimum atomic E-state index is -0.932. The van der Waals surface area contributed by atoms with Crippen molar-refractivity contribution < 1.29 is 9.84 Å². The van der Waals surface area contributed by atoms with Crippen molar-refractivity contribution in [2.75, 3.05) is 39.4 Å². The number of halogens is 1. The molecule has 0 saturated carbocycles. The van der Waals surface area contributed by atoms with Crippen molar-refractivity contribution in [3.05, 3.63) is 57.8 Å². The number of nitrogens with zero attached hydrogens (tertiary/aromatic N) is 2. The summed E-state index contributed by atoms with van der Waals surface area (Å²) in [5, 5.41) is 19.3. The lowest BCUT2D eigenvalue weighted by atomic mass is 10.1. The molecule has 0 bridgehead atoms. The van der Waals surface area contributed by atoms with Crippen LogP contribution in [0.15, 0.2) is 46.8 Å². The first-order valence-corrected chi connectivity index (χ1v) is 11.1. The Bertz CT molecular complexity index is 777. The molecule has 0 amide bonds. The summed E-state index contributed by atoms with van der Waals surface area (Å²) in [7, 11) is 0. The Labute approximate surface area is 200 Å². The summed E-state index contributed by atoms with van der Waals surface area (Å²) in [6.45, 7) is 10.1. The minimum absolute atomic E-state index is 0. The van der Waals surface area contributed by atoms with Gasteiger partial charge in [0.15, 0.2) is 5.96 Å². The minimum Gasteiger partial charge on any atom is -0.383 e. The maximum Gasteiger partial charge on any atom is 0.191 e. The van der Waals surface area contributed by atoms with Crippen LogP contribution in [0.2, 0.25) is 0 Å². The Morgan fingerprint density at radius 1 is 1.17 bits per heavy atom. The predicted octanol–water partition coefficient (Wildman–Crippen LogP) is 3.16. The zero-order valence-corrected chi connectivity index (χ0v) is 20.9. The summed E-state index contributed by atoms with van der Waals surface area (Å²) in [4.78, 5) is 8.13. The number of nitrogens with one attached hydrogen (secondary N) is 2. The number of aliphatic hydroxyl groups is 1. The van der Waals surface area contributed by atoms with Crippen LogP contribution in [-0.2, 0) is 23.4 Å². The lowest BCUT2D eigenvalue weighted by Gasteiger charge is -2.27. The monoisotopic (exact) mass is 544 g/mol. The molecule has 1 aromatic carbocycles. The number of thiophene rings is 1. The average molecular weight is 545 g/mol. The standard InChI is InChI=1S/C22H32N4O2S.HI/c1-3-23-21(25-17-22(2,27)20-9-6-14-29-20)24-15-18-7-4-5-8-19(18)16-26-10-12-28-13-11-26;/h4-9,14,27H,3,10-13,15-17H2,1-2H3,(H2,23,24,25);1H. The number of guanidine groups is 1. The molecule has 166 valence electrons. The van der Waals surface area contributed by atoms with Gasteiger partial charge < -0.3 is 20.5 Å². The normalized spacial score (nSPS) is 17.1. The molecule has 2 heterocycles. The molecule has 1 unspecified atom stereocenters. The number of ether oxygens (including phenoxy) is 1. The van der Waals surface area contributed by atoms with E-state index in [2.05, 4.69) is 39.8 Å². The van der Waals surface area contributed by atoms with E-state index >= 15 is 0 Å². The van der Waals surface area contributed by atoms with Gasteiger partial charge in [0, 0.05) is 31.1 Å². The fourth-order valence-corrected chi connectivity index (χ4v) is 4.09. The molecule has 1 aliphatic rings. The van der Waals surface area contributed by atoms with Gasteiger partial charge in [-0.3, -0.25) is 4.90 Å². The highest BCUT2D eigenvalue weighted by Crippen LogP contribution is 2.24. The third-order valence-corrected chi connectivity index (χ3v) is 6.14. The Morgan fingerprint density at radius 3 is 2.57 bits per heavy atom. The fourth-order valence-electron chi connectivity index (χ4n) is 3.30. The highest BCUT2D eigenvalue weighted by Gasteiger charge is 2.24. The first kappa shape index (κ1) is 25.1. The topological polar surface area (TPSA) is 69.1 Å². The summed E-state index contributed by atoms with van der Waals surface area (Å²) in [5.74, 6) is 0.713. The molecular weight excluding hydrogens is 511 g/mol. The van der Waals surface area contributed by atoms with Crippen molar-refractivity contribution >= 4 is 41.3 Å². The van der Waals surface area contributed by atoms with Gasteiger partial charge in [-0.15, -0.1) is 35.3 Å². The van der Waals surface area contributed by atoms with Crippen LogP contribution in [0.3, 0.4) is 0 Å². The van der Waals surface area contributed by atoms with Gasteiger partial charge in [0.1, 0.15) is 5.60 Å². The van der Waals surface area contributed by atoms with Gasteiger partial charge in [-0.2, -0.15) is 0 Å². The van der Waals surface area contributed by atoms with Crippen LogP contribution in [-0.4, -0.2) is 55.4 Å². The van der Waals surface area contributed by atoms with Crippen LogP contribution in [0.1, 0.15) is 29.9 Å². The molecule has 0 aliphatic carbocycles. The molecule has 2 aromatic rings. The van der Waals surface area contributed by atoms with Crippen LogP contribution < -0.4 is 10.6 Å². The third kappa shape index (κ3) is 7.49.